The monoisotopic (exact) mass is 546 g/mol. The lowest BCUT2D eigenvalue weighted by molar-refractivity contribution is -0.141. The zero-order chi connectivity index (χ0) is 28.9. The summed E-state index contributed by atoms with van der Waals surface area (Å²) in [4.78, 5) is 67.0. The number of aliphatic carboxylic acids is 2. The van der Waals surface area contributed by atoms with Crippen LogP contribution in [0.25, 0.3) is 10.9 Å². The van der Waals surface area contributed by atoms with Crippen molar-refractivity contribution in [3.05, 3.63) is 36.0 Å². The second kappa shape index (κ2) is 14.9. The molecule has 0 aliphatic carbocycles. The van der Waals surface area contributed by atoms with E-state index in [9.17, 15) is 29.1 Å². The van der Waals surface area contributed by atoms with Gasteiger partial charge in [0, 0.05) is 36.5 Å². The van der Waals surface area contributed by atoms with Gasteiger partial charge in [-0.05, 0) is 30.9 Å². The maximum atomic E-state index is 12.8. The molecule has 0 saturated heterocycles. The molecule has 1 heterocycles. The van der Waals surface area contributed by atoms with Gasteiger partial charge in [0.15, 0.2) is 5.96 Å². The molecule has 3 atom stereocenters. The fraction of sp³-hybridized carbons (Fsp3) is 0.417. The van der Waals surface area contributed by atoms with Gasteiger partial charge in [-0.1, -0.05) is 18.2 Å². The van der Waals surface area contributed by atoms with Crippen LogP contribution in [0.5, 0.6) is 0 Å². The van der Waals surface area contributed by atoms with Crippen LogP contribution in [0, 0.1) is 0 Å². The molecule has 15 nitrogen and oxygen atoms in total. The molecule has 1 aromatic carbocycles. The highest BCUT2D eigenvalue weighted by atomic mass is 16.4. The first-order chi connectivity index (χ1) is 18.5. The number of nitrogens with one attached hydrogen (secondary N) is 4. The Labute approximate surface area is 223 Å². The molecule has 3 amide bonds. The molecule has 0 saturated carbocycles. The Bertz CT molecular complexity index is 1210. The molecule has 212 valence electrons. The normalized spacial score (nSPS) is 13.1. The molecule has 12 N–H and O–H groups in total. The van der Waals surface area contributed by atoms with Crippen LogP contribution >= 0.6 is 0 Å². The third-order valence-corrected chi connectivity index (χ3v) is 5.74. The second-order valence-electron chi connectivity index (χ2n) is 8.79. The van der Waals surface area contributed by atoms with E-state index in [4.69, 9.17) is 22.3 Å². The fourth-order valence-electron chi connectivity index (χ4n) is 3.72. The Morgan fingerprint density at radius 3 is 2.36 bits per heavy atom. The predicted octanol–water partition coefficient (Wildman–Crippen LogP) is -1.87. The summed E-state index contributed by atoms with van der Waals surface area (Å²) in [6.45, 7) is -0.385. The molecule has 39 heavy (non-hydrogen) atoms. The number of rotatable bonds is 16. The third kappa shape index (κ3) is 10.3. The van der Waals surface area contributed by atoms with Gasteiger partial charge in [-0.15, -0.1) is 0 Å². The first kappa shape index (κ1) is 30.6. The molecule has 1 aromatic heterocycles. The number of hydrogen-bond donors (Lipinski definition) is 9. The Morgan fingerprint density at radius 1 is 0.974 bits per heavy atom. The maximum absolute atomic E-state index is 12.8. The number of nitrogens with zero attached hydrogens (tertiary/aromatic N) is 1. The van der Waals surface area contributed by atoms with Crippen molar-refractivity contribution in [1.29, 1.82) is 0 Å². The van der Waals surface area contributed by atoms with E-state index in [1.54, 1.807) is 6.20 Å². The summed E-state index contributed by atoms with van der Waals surface area (Å²) in [7, 11) is 0. The van der Waals surface area contributed by atoms with Crippen molar-refractivity contribution in [2.75, 3.05) is 13.1 Å². The zero-order valence-corrected chi connectivity index (χ0v) is 21.2. The highest BCUT2D eigenvalue weighted by molar-refractivity contribution is 5.93. The number of nitrogens with two attached hydrogens (primary N) is 3. The molecule has 0 radical (unpaired) electrons. The fourth-order valence-corrected chi connectivity index (χ4v) is 3.72. The van der Waals surface area contributed by atoms with Crippen LogP contribution in [0.3, 0.4) is 0 Å². The van der Waals surface area contributed by atoms with Gasteiger partial charge in [-0.2, -0.15) is 0 Å². The van der Waals surface area contributed by atoms with E-state index in [0.717, 1.165) is 10.9 Å². The van der Waals surface area contributed by atoms with Gasteiger partial charge < -0.3 is 48.3 Å². The number of carboxylic acid groups (broad SMARTS) is 2. The molecule has 0 bridgehead atoms. The van der Waals surface area contributed by atoms with Crippen molar-refractivity contribution < 1.29 is 34.2 Å². The number of fused-ring (bicyclic) bond motifs is 1. The number of carbonyl (C=O) groups is 5. The van der Waals surface area contributed by atoms with Crippen molar-refractivity contribution in [3.8, 4) is 0 Å². The Morgan fingerprint density at radius 2 is 1.69 bits per heavy atom. The van der Waals surface area contributed by atoms with Crippen LogP contribution < -0.4 is 33.2 Å². The molecule has 3 unspecified atom stereocenters. The molecular formula is C24H34N8O7. The van der Waals surface area contributed by atoms with Crippen molar-refractivity contribution in [3.63, 3.8) is 0 Å². The molecular weight excluding hydrogens is 512 g/mol. The number of carbonyl (C=O) groups excluding carboxylic acids is 3. The first-order valence-corrected chi connectivity index (χ1v) is 12.2. The zero-order valence-electron chi connectivity index (χ0n) is 21.2. The van der Waals surface area contributed by atoms with E-state index in [1.165, 1.54) is 0 Å². The van der Waals surface area contributed by atoms with Crippen molar-refractivity contribution >= 4 is 46.5 Å². The Balaban J connectivity index is 1.97. The Hall–Kier alpha value is -4.66. The third-order valence-electron chi connectivity index (χ3n) is 5.74. The lowest BCUT2D eigenvalue weighted by Crippen LogP contribution is -2.53. The summed E-state index contributed by atoms with van der Waals surface area (Å²) in [6, 6.07) is 3.77. The van der Waals surface area contributed by atoms with E-state index in [1.807, 2.05) is 24.3 Å². The van der Waals surface area contributed by atoms with Crippen LogP contribution in [0.1, 0.15) is 31.2 Å². The summed E-state index contributed by atoms with van der Waals surface area (Å²) in [6.07, 6.45) is 1.58. The first-order valence-electron chi connectivity index (χ1n) is 12.2. The summed E-state index contributed by atoms with van der Waals surface area (Å²) in [5.41, 5.74) is 17.8. The van der Waals surface area contributed by atoms with Gasteiger partial charge in [-0.3, -0.25) is 24.2 Å². The van der Waals surface area contributed by atoms with Crippen LogP contribution in [0.4, 0.5) is 0 Å². The number of para-hydroxylation sites is 1. The smallest absolute Gasteiger partial charge is 0.326 e. The summed E-state index contributed by atoms with van der Waals surface area (Å²) in [5.74, 6) is -4.74. The minimum atomic E-state index is -1.25. The molecule has 0 aliphatic heterocycles. The minimum absolute atomic E-state index is 0.0107. The van der Waals surface area contributed by atoms with Crippen molar-refractivity contribution in [1.82, 2.24) is 20.9 Å². The highest BCUT2D eigenvalue weighted by Crippen LogP contribution is 2.19. The number of guanidine groups is 1. The summed E-state index contributed by atoms with van der Waals surface area (Å²) in [5, 5.41) is 26.4. The second-order valence-corrected chi connectivity index (χ2v) is 8.79. The quantitative estimate of drug-likeness (QED) is 0.0642. The largest absolute Gasteiger partial charge is 0.481 e. The van der Waals surface area contributed by atoms with E-state index < -0.39 is 54.3 Å². The molecule has 0 aliphatic rings. The summed E-state index contributed by atoms with van der Waals surface area (Å²) >= 11 is 0. The molecule has 15 heteroatoms. The average molecular weight is 547 g/mol. The molecule has 0 fully saturated rings. The maximum Gasteiger partial charge on any atom is 0.326 e. The van der Waals surface area contributed by atoms with Crippen LogP contribution in [0.2, 0.25) is 0 Å². The summed E-state index contributed by atoms with van der Waals surface area (Å²) < 4.78 is 0. The van der Waals surface area contributed by atoms with Crippen LogP contribution in [0.15, 0.2) is 35.5 Å². The minimum Gasteiger partial charge on any atom is -0.481 e. The van der Waals surface area contributed by atoms with E-state index in [2.05, 4.69) is 25.9 Å². The van der Waals surface area contributed by atoms with Gasteiger partial charge in [-0.25, -0.2) is 4.79 Å². The lowest BCUT2D eigenvalue weighted by Gasteiger charge is -2.21. The topological polar surface area (TPSA) is 268 Å². The molecule has 0 spiro atoms. The van der Waals surface area contributed by atoms with Gasteiger partial charge in [0.05, 0.1) is 12.6 Å². The SMILES string of the molecule is NC(N)=NCCCC(NC(=O)C(N)CCC(=O)O)C(=O)NCC(=O)NC(Cc1c[nH]c2ccccc12)C(=O)O. The van der Waals surface area contributed by atoms with Gasteiger partial charge in [0.25, 0.3) is 0 Å². The Kier molecular flexibility index (Phi) is 11.7. The number of amides is 3. The lowest BCUT2D eigenvalue weighted by atomic mass is 10.0. The van der Waals surface area contributed by atoms with Gasteiger partial charge >= 0.3 is 11.9 Å². The van der Waals surface area contributed by atoms with Crippen LogP contribution in [-0.4, -0.2) is 82.0 Å². The predicted molar refractivity (Wildman–Crippen MR) is 141 cm³/mol. The number of aliphatic imine (C=N–C) groups is 1. The van der Waals surface area contributed by atoms with Crippen LogP contribution in [-0.2, 0) is 30.4 Å². The highest BCUT2D eigenvalue weighted by Gasteiger charge is 2.26. The average Bonchev–Trinajstić information content (AvgIpc) is 3.29. The number of aromatic amines is 1. The number of carboxylic acids is 2. The van der Waals surface area contributed by atoms with E-state index in [-0.39, 0.29) is 38.2 Å². The van der Waals surface area contributed by atoms with Gasteiger partial charge in [0.1, 0.15) is 12.1 Å². The van der Waals surface area contributed by atoms with E-state index in [0.29, 0.717) is 12.0 Å². The number of hydrogen-bond acceptors (Lipinski definition) is 7. The van der Waals surface area contributed by atoms with Gasteiger partial charge in [0.2, 0.25) is 17.7 Å². The molecule has 2 aromatic rings. The standard InChI is InChI=1S/C24H34N8O7/c25-15(7-8-20(34)35)21(36)32-17(6-3-9-28-24(26)27)22(37)30-12-19(33)31-18(23(38)39)10-13-11-29-16-5-2-1-4-14(13)16/h1-2,4-5,11,15,17-18,29H,3,6-10,12,25H2,(H,30,37)(H,31,33)(H,32,36)(H,34,35)(H,38,39)(H4,26,27,28). The number of H-pyrrole nitrogens is 1. The molecule has 2 rings (SSSR count). The van der Waals surface area contributed by atoms with Crippen molar-refractivity contribution in [2.24, 2.45) is 22.2 Å². The van der Waals surface area contributed by atoms with E-state index >= 15 is 0 Å². The van der Waals surface area contributed by atoms with Crippen molar-refractivity contribution in [2.45, 2.75) is 50.2 Å². The number of aromatic nitrogens is 1. The number of benzene rings is 1.